The third-order valence-corrected chi connectivity index (χ3v) is 3.82. The third kappa shape index (κ3) is 5.48. The molecule has 0 aromatic heterocycles. The van der Waals surface area contributed by atoms with Crippen molar-refractivity contribution in [2.24, 2.45) is 0 Å². The molecule has 1 aromatic rings. The first kappa shape index (κ1) is 18.8. The summed E-state index contributed by atoms with van der Waals surface area (Å²) in [6, 6.07) is 8.25. The van der Waals surface area contributed by atoms with Gasteiger partial charge in [0.2, 0.25) is 12.3 Å². The van der Waals surface area contributed by atoms with Crippen molar-refractivity contribution in [2.45, 2.75) is 32.4 Å². The Kier molecular flexibility index (Phi) is 6.01. The van der Waals surface area contributed by atoms with Gasteiger partial charge in [-0.15, -0.1) is 0 Å². The normalized spacial score (nSPS) is 16.1. The highest BCUT2D eigenvalue weighted by molar-refractivity contribution is 5.87. The SMILES string of the molecule is CC(C)(C)OC(=O)N[C@H](C(=O)N1CCN(C=O)CC1)c1ccccc1. The lowest BCUT2D eigenvalue weighted by Gasteiger charge is -2.35. The summed E-state index contributed by atoms with van der Waals surface area (Å²) < 4.78 is 5.29. The molecule has 25 heavy (non-hydrogen) atoms. The second-order valence-electron chi connectivity index (χ2n) is 6.96. The van der Waals surface area contributed by atoms with Gasteiger partial charge < -0.3 is 19.9 Å². The number of hydrogen-bond donors (Lipinski definition) is 1. The molecule has 1 fully saturated rings. The lowest BCUT2D eigenvalue weighted by atomic mass is 10.1. The standard InChI is InChI=1S/C18H25N3O4/c1-18(2,3)25-17(24)19-15(14-7-5-4-6-8-14)16(23)21-11-9-20(13-22)10-12-21/h4-8,13,15H,9-12H2,1-3H3,(H,19,24)/t15-/m0/s1. The number of benzene rings is 1. The van der Waals surface area contributed by atoms with Gasteiger partial charge in [-0.1, -0.05) is 30.3 Å². The van der Waals surface area contributed by atoms with Crippen molar-refractivity contribution in [3.63, 3.8) is 0 Å². The molecular weight excluding hydrogens is 322 g/mol. The molecule has 7 heteroatoms. The summed E-state index contributed by atoms with van der Waals surface area (Å²) in [5.41, 5.74) is 0.0420. The van der Waals surface area contributed by atoms with Gasteiger partial charge in [0, 0.05) is 26.2 Å². The number of nitrogens with one attached hydrogen (secondary N) is 1. The van der Waals surface area contributed by atoms with Gasteiger partial charge in [-0.05, 0) is 26.3 Å². The number of alkyl carbamates (subject to hydrolysis) is 1. The van der Waals surface area contributed by atoms with E-state index >= 15 is 0 Å². The summed E-state index contributed by atoms with van der Waals surface area (Å²) in [7, 11) is 0. The van der Waals surface area contributed by atoms with Crippen LogP contribution in [0.25, 0.3) is 0 Å². The highest BCUT2D eigenvalue weighted by atomic mass is 16.6. The van der Waals surface area contributed by atoms with Gasteiger partial charge in [0.05, 0.1) is 0 Å². The summed E-state index contributed by atoms with van der Waals surface area (Å²) >= 11 is 0. The number of nitrogens with zero attached hydrogens (tertiary/aromatic N) is 2. The van der Waals surface area contributed by atoms with E-state index in [-0.39, 0.29) is 5.91 Å². The fourth-order valence-corrected chi connectivity index (χ4v) is 2.59. The van der Waals surface area contributed by atoms with Gasteiger partial charge >= 0.3 is 6.09 Å². The second-order valence-corrected chi connectivity index (χ2v) is 6.96. The monoisotopic (exact) mass is 347 g/mol. The average molecular weight is 347 g/mol. The van der Waals surface area contributed by atoms with Crippen LogP contribution < -0.4 is 5.32 Å². The maximum Gasteiger partial charge on any atom is 0.408 e. The lowest BCUT2D eigenvalue weighted by Crippen LogP contribution is -2.52. The molecule has 7 nitrogen and oxygen atoms in total. The summed E-state index contributed by atoms with van der Waals surface area (Å²) in [5.74, 6) is -0.206. The minimum Gasteiger partial charge on any atom is -0.444 e. The van der Waals surface area contributed by atoms with E-state index < -0.39 is 17.7 Å². The van der Waals surface area contributed by atoms with E-state index in [0.29, 0.717) is 31.7 Å². The third-order valence-electron chi connectivity index (χ3n) is 3.82. The highest BCUT2D eigenvalue weighted by Crippen LogP contribution is 2.18. The molecule has 1 N–H and O–H groups in total. The van der Waals surface area contributed by atoms with Crippen LogP contribution in [-0.2, 0) is 14.3 Å². The van der Waals surface area contributed by atoms with E-state index in [0.717, 1.165) is 6.41 Å². The van der Waals surface area contributed by atoms with Crippen LogP contribution in [0.4, 0.5) is 4.79 Å². The molecule has 1 aliphatic rings. The lowest BCUT2D eigenvalue weighted by molar-refractivity contribution is -0.137. The molecular formula is C18H25N3O4. The molecule has 1 heterocycles. The van der Waals surface area contributed by atoms with E-state index in [9.17, 15) is 14.4 Å². The number of hydrogen-bond acceptors (Lipinski definition) is 4. The van der Waals surface area contributed by atoms with Crippen molar-refractivity contribution in [2.75, 3.05) is 26.2 Å². The molecule has 136 valence electrons. The number of piperazine rings is 1. The number of rotatable bonds is 4. The Balaban J connectivity index is 2.13. The first-order valence-electron chi connectivity index (χ1n) is 8.33. The number of carbonyl (C=O) groups is 3. The molecule has 1 aromatic carbocycles. The molecule has 1 aliphatic heterocycles. The van der Waals surface area contributed by atoms with Crippen molar-refractivity contribution in [1.29, 1.82) is 0 Å². The predicted octanol–water partition coefficient (Wildman–Crippen LogP) is 1.55. The molecule has 2 rings (SSSR count). The fraction of sp³-hybridized carbons (Fsp3) is 0.500. The zero-order valence-corrected chi connectivity index (χ0v) is 14.9. The van der Waals surface area contributed by atoms with Crippen LogP contribution in [0, 0.1) is 0 Å². The largest absolute Gasteiger partial charge is 0.444 e. The Morgan fingerprint density at radius 3 is 2.24 bits per heavy atom. The smallest absolute Gasteiger partial charge is 0.408 e. The molecule has 0 spiro atoms. The van der Waals surface area contributed by atoms with E-state index in [1.54, 1.807) is 42.7 Å². The fourth-order valence-electron chi connectivity index (χ4n) is 2.59. The number of amides is 3. The van der Waals surface area contributed by atoms with Crippen LogP contribution >= 0.6 is 0 Å². The quantitative estimate of drug-likeness (QED) is 0.838. The molecule has 0 bridgehead atoms. The first-order chi connectivity index (χ1) is 11.8. The summed E-state index contributed by atoms with van der Waals surface area (Å²) in [6.45, 7) is 7.17. The van der Waals surface area contributed by atoms with E-state index in [1.165, 1.54) is 0 Å². The maximum absolute atomic E-state index is 12.9. The molecule has 1 atom stereocenters. The maximum atomic E-state index is 12.9. The van der Waals surface area contributed by atoms with Gasteiger partial charge in [-0.25, -0.2) is 4.79 Å². The van der Waals surface area contributed by atoms with Crippen LogP contribution in [0.5, 0.6) is 0 Å². The number of carbonyl (C=O) groups excluding carboxylic acids is 3. The number of ether oxygens (including phenoxy) is 1. The highest BCUT2D eigenvalue weighted by Gasteiger charge is 2.31. The summed E-state index contributed by atoms with van der Waals surface area (Å²) in [4.78, 5) is 39.2. The zero-order valence-electron chi connectivity index (χ0n) is 14.9. The van der Waals surface area contributed by atoms with Gasteiger partial charge in [-0.2, -0.15) is 0 Å². The van der Waals surface area contributed by atoms with E-state index in [2.05, 4.69) is 5.32 Å². The van der Waals surface area contributed by atoms with E-state index in [1.807, 2.05) is 18.2 Å². The topological polar surface area (TPSA) is 79.0 Å². The van der Waals surface area contributed by atoms with Gasteiger partial charge in [0.25, 0.3) is 0 Å². The molecule has 3 amide bonds. The van der Waals surface area contributed by atoms with Crippen LogP contribution in [0.1, 0.15) is 32.4 Å². The molecule has 0 unspecified atom stereocenters. The Bertz CT molecular complexity index is 604. The zero-order chi connectivity index (χ0) is 18.4. The molecule has 0 aliphatic carbocycles. The predicted molar refractivity (Wildman–Crippen MR) is 92.8 cm³/mol. The van der Waals surface area contributed by atoms with Crippen LogP contribution in [0.15, 0.2) is 30.3 Å². The van der Waals surface area contributed by atoms with Crippen LogP contribution in [0.3, 0.4) is 0 Å². The summed E-state index contributed by atoms with van der Waals surface area (Å²) in [6.07, 6.45) is 0.149. The second kappa shape index (κ2) is 8.00. The minimum atomic E-state index is -0.821. The van der Waals surface area contributed by atoms with E-state index in [4.69, 9.17) is 4.74 Å². The molecule has 1 saturated heterocycles. The van der Waals surface area contributed by atoms with Gasteiger partial charge in [0.1, 0.15) is 11.6 Å². The Hall–Kier alpha value is -2.57. The summed E-state index contributed by atoms with van der Waals surface area (Å²) in [5, 5.41) is 2.68. The average Bonchev–Trinajstić information content (AvgIpc) is 2.58. The van der Waals surface area contributed by atoms with Crippen LogP contribution in [-0.4, -0.2) is 60.0 Å². The van der Waals surface area contributed by atoms with Crippen molar-refractivity contribution in [3.05, 3.63) is 35.9 Å². The van der Waals surface area contributed by atoms with Crippen molar-refractivity contribution >= 4 is 18.4 Å². The Morgan fingerprint density at radius 1 is 1.12 bits per heavy atom. The van der Waals surface area contributed by atoms with Gasteiger partial charge in [0.15, 0.2) is 0 Å². The minimum absolute atomic E-state index is 0.206. The van der Waals surface area contributed by atoms with Crippen molar-refractivity contribution in [3.8, 4) is 0 Å². The Morgan fingerprint density at radius 2 is 1.72 bits per heavy atom. The van der Waals surface area contributed by atoms with Crippen molar-refractivity contribution in [1.82, 2.24) is 15.1 Å². The first-order valence-corrected chi connectivity index (χ1v) is 8.33. The van der Waals surface area contributed by atoms with Crippen LogP contribution in [0.2, 0.25) is 0 Å². The van der Waals surface area contributed by atoms with Crippen molar-refractivity contribution < 1.29 is 19.1 Å². The van der Waals surface area contributed by atoms with Gasteiger partial charge in [-0.3, -0.25) is 9.59 Å². The molecule has 0 saturated carbocycles. The molecule has 0 radical (unpaired) electrons. The Labute approximate surface area is 147 Å².